The van der Waals surface area contributed by atoms with Gasteiger partial charge in [-0.25, -0.2) is 0 Å². The highest BCUT2D eigenvalue weighted by Gasteiger charge is 2.36. The second kappa shape index (κ2) is 4.05. The third-order valence-corrected chi connectivity index (χ3v) is 3.97. The lowest BCUT2D eigenvalue weighted by Crippen LogP contribution is -2.35. The van der Waals surface area contributed by atoms with Crippen LogP contribution in [0.25, 0.3) is 0 Å². The minimum Gasteiger partial charge on any atom is -0.481 e. The van der Waals surface area contributed by atoms with Crippen molar-refractivity contribution < 1.29 is 9.90 Å². The van der Waals surface area contributed by atoms with Gasteiger partial charge in [-0.15, -0.1) is 11.8 Å². The highest BCUT2D eigenvalue weighted by atomic mass is 32.2. The molecule has 2 nitrogen and oxygen atoms in total. The molecule has 1 fully saturated rings. The summed E-state index contributed by atoms with van der Waals surface area (Å²) in [4.78, 5) is 11.9. The average Bonchev–Trinajstić information content (AvgIpc) is 2.13. The van der Waals surface area contributed by atoms with Crippen LogP contribution in [0.2, 0.25) is 0 Å². The Hall–Kier alpha value is -0.960. The van der Waals surface area contributed by atoms with E-state index in [4.69, 9.17) is 5.11 Å². The van der Waals surface area contributed by atoms with Crippen molar-refractivity contribution in [1.29, 1.82) is 0 Å². The lowest BCUT2D eigenvalue weighted by atomic mass is 9.85. The number of rotatable bonds is 3. The molecule has 0 aromatic heterocycles. The van der Waals surface area contributed by atoms with Crippen LogP contribution in [0.4, 0.5) is 0 Å². The minimum atomic E-state index is -0.648. The average molecular weight is 208 g/mol. The summed E-state index contributed by atoms with van der Waals surface area (Å²) in [5.74, 6) is -0.787. The molecule has 0 saturated heterocycles. The van der Waals surface area contributed by atoms with Crippen molar-refractivity contribution in [3.05, 3.63) is 30.3 Å². The zero-order chi connectivity index (χ0) is 9.97. The van der Waals surface area contributed by atoms with Crippen LogP contribution in [0.5, 0.6) is 0 Å². The Balaban J connectivity index is 1.96. The molecule has 1 aromatic rings. The molecule has 0 radical (unpaired) electrons. The molecule has 3 heteroatoms. The van der Waals surface area contributed by atoms with E-state index in [-0.39, 0.29) is 11.2 Å². The molecule has 0 spiro atoms. The van der Waals surface area contributed by atoms with Crippen LogP contribution in [0, 0.1) is 5.92 Å². The molecule has 2 atom stereocenters. The fourth-order valence-electron chi connectivity index (χ4n) is 1.57. The molecule has 1 aliphatic carbocycles. The van der Waals surface area contributed by atoms with Gasteiger partial charge in [-0.1, -0.05) is 18.2 Å². The largest absolute Gasteiger partial charge is 0.481 e. The van der Waals surface area contributed by atoms with Gasteiger partial charge in [-0.05, 0) is 25.0 Å². The minimum absolute atomic E-state index is 0.139. The number of carboxylic acid groups (broad SMARTS) is 1. The maximum Gasteiger partial charge on any atom is 0.307 e. The molecule has 1 aliphatic rings. The normalized spacial score (nSPS) is 25.4. The fourth-order valence-corrected chi connectivity index (χ4v) is 2.90. The first kappa shape index (κ1) is 9.59. The maximum absolute atomic E-state index is 10.8. The predicted molar refractivity (Wildman–Crippen MR) is 56.4 cm³/mol. The second-order valence-electron chi connectivity index (χ2n) is 3.49. The number of aliphatic carboxylic acids is 1. The number of hydrogen-bond donors (Lipinski definition) is 1. The van der Waals surface area contributed by atoms with Crippen molar-refractivity contribution in [3.8, 4) is 0 Å². The third-order valence-electron chi connectivity index (χ3n) is 2.56. The van der Waals surface area contributed by atoms with Gasteiger partial charge in [0.15, 0.2) is 0 Å². The summed E-state index contributed by atoms with van der Waals surface area (Å²) in [6.45, 7) is 0. The van der Waals surface area contributed by atoms with E-state index in [0.717, 1.165) is 12.8 Å². The van der Waals surface area contributed by atoms with E-state index < -0.39 is 5.97 Å². The van der Waals surface area contributed by atoms with E-state index in [1.807, 2.05) is 30.3 Å². The Morgan fingerprint density at radius 1 is 1.29 bits per heavy atom. The van der Waals surface area contributed by atoms with Gasteiger partial charge in [-0.3, -0.25) is 4.79 Å². The van der Waals surface area contributed by atoms with E-state index in [1.165, 1.54) is 4.90 Å². The van der Waals surface area contributed by atoms with E-state index in [9.17, 15) is 4.79 Å². The Morgan fingerprint density at radius 2 is 2.00 bits per heavy atom. The van der Waals surface area contributed by atoms with Crippen LogP contribution in [-0.2, 0) is 4.79 Å². The van der Waals surface area contributed by atoms with Crippen LogP contribution in [0.1, 0.15) is 12.8 Å². The molecular weight excluding hydrogens is 196 g/mol. The summed E-state index contributed by atoms with van der Waals surface area (Å²) in [7, 11) is 0. The van der Waals surface area contributed by atoms with Crippen LogP contribution >= 0.6 is 11.8 Å². The zero-order valence-corrected chi connectivity index (χ0v) is 8.54. The highest BCUT2D eigenvalue weighted by Crippen LogP contribution is 2.41. The molecular formula is C11H12O2S. The standard InChI is InChI=1S/C11H12O2S/c12-11(13)9-6-7-10(9)14-8-4-2-1-3-5-8/h1-5,9-10H,6-7H2,(H,12,13)/t9-,10+/m1/s1. The van der Waals surface area contributed by atoms with E-state index in [1.54, 1.807) is 11.8 Å². The Bertz CT molecular complexity index is 323. The maximum atomic E-state index is 10.8. The quantitative estimate of drug-likeness (QED) is 0.829. The predicted octanol–water partition coefficient (Wildman–Crippen LogP) is 2.64. The lowest BCUT2D eigenvalue weighted by Gasteiger charge is -2.32. The number of thioether (sulfide) groups is 1. The van der Waals surface area contributed by atoms with Gasteiger partial charge in [0.1, 0.15) is 0 Å². The van der Waals surface area contributed by atoms with Crippen molar-refractivity contribution >= 4 is 17.7 Å². The third kappa shape index (κ3) is 1.93. The van der Waals surface area contributed by atoms with Crippen LogP contribution in [0.3, 0.4) is 0 Å². The first-order chi connectivity index (χ1) is 6.77. The molecule has 14 heavy (non-hydrogen) atoms. The monoisotopic (exact) mass is 208 g/mol. The van der Waals surface area contributed by atoms with Crippen molar-refractivity contribution in [2.45, 2.75) is 23.0 Å². The Labute approximate surface area is 87.3 Å². The van der Waals surface area contributed by atoms with Gasteiger partial charge in [0, 0.05) is 10.1 Å². The molecule has 0 heterocycles. The lowest BCUT2D eigenvalue weighted by molar-refractivity contribution is -0.144. The van der Waals surface area contributed by atoms with Gasteiger partial charge < -0.3 is 5.11 Å². The number of carboxylic acids is 1. The zero-order valence-electron chi connectivity index (χ0n) is 7.72. The molecule has 0 amide bonds. The van der Waals surface area contributed by atoms with Crippen molar-refractivity contribution in [2.24, 2.45) is 5.92 Å². The van der Waals surface area contributed by atoms with E-state index in [2.05, 4.69) is 0 Å². The number of hydrogen-bond acceptors (Lipinski definition) is 2. The van der Waals surface area contributed by atoms with E-state index in [0.29, 0.717) is 0 Å². The molecule has 1 aromatic carbocycles. The van der Waals surface area contributed by atoms with Gasteiger partial charge >= 0.3 is 5.97 Å². The Morgan fingerprint density at radius 3 is 2.50 bits per heavy atom. The topological polar surface area (TPSA) is 37.3 Å². The van der Waals surface area contributed by atoms with Gasteiger partial charge in [0.2, 0.25) is 0 Å². The number of carbonyl (C=O) groups is 1. The molecule has 0 aliphatic heterocycles. The first-order valence-electron chi connectivity index (χ1n) is 4.72. The summed E-state index contributed by atoms with van der Waals surface area (Å²) in [5.41, 5.74) is 0. The van der Waals surface area contributed by atoms with Crippen LogP contribution < -0.4 is 0 Å². The molecule has 74 valence electrons. The van der Waals surface area contributed by atoms with Crippen molar-refractivity contribution in [1.82, 2.24) is 0 Å². The smallest absolute Gasteiger partial charge is 0.307 e. The molecule has 1 N–H and O–H groups in total. The van der Waals surface area contributed by atoms with Gasteiger partial charge in [-0.2, -0.15) is 0 Å². The first-order valence-corrected chi connectivity index (χ1v) is 5.60. The summed E-state index contributed by atoms with van der Waals surface area (Å²) >= 11 is 1.69. The summed E-state index contributed by atoms with van der Waals surface area (Å²) < 4.78 is 0. The molecule has 1 saturated carbocycles. The summed E-state index contributed by atoms with van der Waals surface area (Å²) in [5, 5.41) is 9.14. The molecule has 2 rings (SSSR count). The molecule has 0 bridgehead atoms. The van der Waals surface area contributed by atoms with Crippen LogP contribution in [0.15, 0.2) is 35.2 Å². The van der Waals surface area contributed by atoms with Crippen molar-refractivity contribution in [3.63, 3.8) is 0 Å². The Kier molecular flexibility index (Phi) is 2.77. The fraction of sp³-hybridized carbons (Fsp3) is 0.364. The highest BCUT2D eigenvalue weighted by molar-refractivity contribution is 8.00. The van der Waals surface area contributed by atoms with Gasteiger partial charge in [0.25, 0.3) is 0 Å². The summed E-state index contributed by atoms with van der Waals surface area (Å²) in [6, 6.07) is 10.00. The summed E-state index contributed by atoms with van der Waals surface area (Å²) in [6.07, 6.45) is 1.86. The number of benzene rings is 1. The van der Waals surface area contributed by atoms with Gasteiger partial charge in [0.05, 0.1) is 5.92 Å². The van der Waals surface area contributed by atoms with Crippen LogP contribution in [-0.4, -0.2) is 16.3 Å². The second-order valence-corrected chi connectivity index (χ2v) is 4.80. The van der Waals surface area contributed by atoms with E-state index >= 15 is 0 Å². The SMILES string of the molecule is O=C(O)[C@@H]1CC[C@@H]1Sc1ccccc1. The van der Waals surface area contributed by atoms with Crippen molar-refractivity contribution in [2.75, 3.05) is 0 Å². The molecule has 0 unspecified atom stereocenters.